The molecule has 1 aromatic rings. The fourth-order valence-corrected chi connectivity index (χ4v) is 2.90. The second kappa shape index (κ2) is 6.58. The average molecular weight is 292 g/mol. The van der Waals surface area contributed by atoms with Crippen LogP contribution in [0.3, 0.4) is 0 Å². The van der Waals surface area contributed by atoms with Crippen LogP contribution in [0.25, 0.3) is 0 Å². The van der Waals surface area contributed by atoms with Gasteiger partial charge in [0.05, 0.1) is 0 Å². The van der Waals surface area contributed by atoms with Gasteiger partial charge < -0.3 is 20.9 Å². The Morgan fingerprint density at radius 3 is 2.62 bits per heavy atom. The summed E-state index contributed by atoms with van der Waals surface area (Å²) in [6.07, 6.45) is 5.04. The molecule has 0 aliphatic carbocycles. The molecule has 1 aliphatic heterocycles. The van der Waals surface area contributed by atoms with E-state index in [2.05, 4.69) is 53.2 Å². The number of piperidine rings is 1. The first-order chi connectivity index (χ1) is 9.97. The number of nitrogens with zero attached hydrogens (tertiary/aromatic N) is 4. The molecular formula is C15H28N6. The zero-order chi connectivity index (χ0) is 15.5. The van der Waals surface area contributed by atoms with Gasteiger partial charge >= 0.3 is 0 Å². The molecule has 0 aromatic carbocycles. The van der Waals surface area contributed by atoms with Crippen LogP contribution in [0.2, 0.25) is 0 Å². The Morgan fingerprint density at radius 2 is 2.05 bits per heavy atom. The third-order valence-corrected chi connectivity index (χ3v) is 4.72. The van der Waals surface area contributed by atoms with Gasteiger partial charge in [0.25, 0.3) is 0 Å². The highest BCUT2D eigenvalue weighted by atomic mass is 15.2. The molecule has 21 heavy (non-hydrogen) atoms. The number of rotatable bonds is 5. The summed E-state index contributed by atoms with van der Waals surface area (Å²) in [4.78, 5) is 13.2. The molecule has 2 heterocycles. The number of nitrogens with two attached hydrogens (primary N) is 1. The SMILES string of the molecule is CCc1cnc(N)nc1NCC1(N(C)C)CCN(C)CC1. The first-order valence-electron chi connectivity index (χ1n) is 7.68. The topological polar surface area (TPSA) is 70.3 Å². The van der Waals surface area contributed by atoms with Crippen LogP contribution in [0.15, 0.2) is 6.20 Å². The van der Waals surface area contributed by atoms with Gasteiger partial charge in [0.1, 0.15) is 5.82 Å². The van der Waals surface area contributed by atoms with Crippen molar-refractivity contribution in [3.05, 3.63) is 11.8 Å². The molecular weight excluding hydrogens is 264 g/mol. The lowest BCUT2D eigenvalue weighted by atomic mass is 9.86. The Balaban J connectivity index is 2.11. The van der Waals surface area contributed by atoms with Crippen molar-refractivity contribution >= 4 is 11.8 Å². The van der Waals surface area contributed by atoms with Crippen molar-refractivity contribution in [3.63, 3.8) is 0 Å². The summed E-state index contributed by atoms with van der Waals surface area (Å²) >= 11 is 0. The number of hydrogen-bond donors (Lipinski definition) is 2. The van der Waals surface area contributed by atoms with E-state index < -0.39 is 0 Å². The molecule has 0 atom stereocenters. The van der Waals surface area contributed by atoms with Gasteiger partial charge in [0, 0.05) is 23.8 Å². The third-order valence-electron chi connectivity index (χ3n) is 4.72. The van der Waals surface area contributed by atoms with Gasteiger partial charge in [-0.1, -0.05) is 6.92 Å². The number of nitrogen functional groups attached to an aromatic ring is 1. The van der Waals surface area contributed by atoms with Gasteiger partial charge in [-0.05, 0) is 53.5 Å². The molecule has 1 aliphatic rings. The molecule has 118 valence electrons. The second-order valence-electron chi connectivity index (χ2n) is 6.23. The molecule has 0 unspecified atom stereocenters. The predicted octanol–water partition coefficient (Wildman–Crippen LogP) is 1.06. The van der Waals surface area contributed by atoms with Crippen molar-refractivity contribution in [1.29, 1.82) is 0 Å². The van der Waals surface area contributed by atoms with E-state index in [-0.39, 0.29) is 5.54 Å². The Kier molecular flexibility index (Phi) is 5.00. The molecule has 0 amide bonds. The molecule has 1 saturated heterocycles. The lowest BCUT2D eigenvalue weighted by Gasteiger charge is -2.45. The number of hydrogen-bond acceptors (Lipinski definition) is 6. The van der Waals surface area contributed by atoms with E-state index in [0.717, 1.165) is 50.3 Å². The van der Waals surface area contributed by atoms with Gasteiger partial charge in [0.2, 0.25) is 5.95 Å². The van der Waals surface area contributed by atoms with E-state index >= 15 is 0 Å². The van der Waals surface area contributed by atoms with E-state index in [1.807, 2.05) is 6.20 Å². The predicted molar refractivity (Wildman–Crippen MR) is 87.5 cm³/mol. The minimum absolute atomic E-state index is 0.178. The van der Waals surface area contributed by atoms with Crippen LogP contribution in [0, 0.1) is 0 Å². The van der Waals surface area contributed by atoms with Crippen LogP contribution < -0.4 is 11.1 Å². The highest BCUT2D eigenvalue weighted by molar-refractivity contribution is 5.46. The minimum Gasteiger partial charge on any atom is -0.368 e. The van der Waals surface area contributed by atoms with Crippen LogP contribution in [-0.2, 0) is 6.42 Å². The number of aryl methyl sites for hydroxylation is 1. The molecule has 6 nitrogen and oxygen atoms in total. The normalized spacial score (nSPS) is 18.9. The number of anilines is 2. The summed E-state index contributed by atoms with van der Waals surface area (Å²) in [5.41, 5.74) is 7.02. The number of likely N-dealkylation sites (N-methyl/N-ethyl adjacent to an activating group) is 1. The van der Waals surface area contributed by atoms with Crippen LogP contribution in [0.1, 0.15) is 25.3 Å². The summed E-state index contributed by atoms with van der Waals surface area (Å²) in [6, 6.07) is 0. The summed E-state index contributed by atoms with van der Waals surface area (Å²) in [5, 5.41) is 3.52. The Bertz CT molecular complexity index is 465. The number of aromatic nitrogens is 2. The molecule has 3 N–H and O–H groups in total. The minimum atomic E-state index is 0.178. The van der Waals surface area contributed by atoms with E-state index in [9.17, 15) is 0 Å². The largest absolute Gasteiger partial charge is 0.368 e. The Hall–Kier alpha value is -1.40. The maximum absolute atomic E-state index is 5.72. The third kappa shape index (κ3) is 3.63. The first-order valence-corrected chi connectivity index (χ1v) is 7.68. The van der Waals surface area contributed by atoms with Gasteiger partial charge in [-0.2, -0.15) is 4.98 Å². The van der Waals surface area contributed by atoms with Crippen LogP contribution >= 0.6 is 0 Å². The van der Waals surface area contributed by atoms with E-state index in [1.54, 1.807) is 0 Å². The zero-order valence-electron chi connectivity index (χ0n) is 13.7. The lowest BCUT2D eigenvalue weighted by molar-refractivity contribution is 0.0773. The summed E-state index contributed by atoms with van der Waals surface area (Å²) in [6.45, 7) is 5.26. The molecule has 0 radical (unpaired) electrons. The van der Waals surface area contributed by atoms with E-state index in [0.29, 0.717) is 5.95 Å². The quantitative estimate of drug-likeness (QED) is 0.845. The fourth-order valence-electron chi connectivity index (χ4n) is 2.90. The zero-order valence-corrected chi connectivity index (χ0v) is 13.7. The van der Waals surface area contributed by atoms with E-state index in [1.165, 1.54) is 0 Å². The van der Waals surface area contributed by atoms with Crippen LogP contribution in [0.4, 0.5) is 11.8 Å². The standard InChI is InChI=1S/C15H28N6/c1-5-12-10-17-14(16)19-13(12)18-11-15(20(2)3)6-8-21(4)9-7-15/h10H,5-9,11H2,1-4H3,(H3,16,17,18,19). The number of nitrogens with one attached hydrogen (secondary N) is 1. The summed E-state index contributed by atoms with van der Waals surface area (Å²) in [7, 11) is 6.53. The van der Waals surface area contributed by atoms with Crippen molar-refractivity contribution in [2.75, 3.05) is 51.8 Å². The van der Waals surface area contributed by atoms with E-state index in [4.69, 9.17) is 5.73 Å². The first kappa shape index (κ1) is 16.0. The van der Waals surface area contributed by atoms with Crippen molar-refractivity contribution in [2.45, 2.75) is 31.7 Å². The molecule has 0 bridgehead atoms. The van der Waals surface area contributed by atoms with Gasteiger partial charge in [0.15, 0.2) is 0 Å². The average Bonchev–Trinajstić information content (AvgIpc) is 2.47. The van der Waals surface area contributed by atoms with Crippen molar-refractivity contribution in [1.82, 2.24) is 19.8 Å². The molecule has 0 saturated carbocycles. The lowest BCUT2D eigenvalue weighted by Crippen LogP contribution is -2.56. The molecule has 0 spiro atoms. The Labute approximate surface area is 127 Å². The van der Waals surface area contributed by atoms with Crippen molar-refractivity contribution in [2.24, 2.45) is 0 Å². The van der Waals surface area contributed by atoms with Crippen LogP contribution in [-0.4, -0.2) is 66.1 Å². The molecule has 6 heteroatoms. The molecule has 2 rings (SSSR count). The van der Waals surface area contributed by atoms with Gasteiger partial charge in [-0.15, -0.1) is 0 Å². The highest BCUT2D eigenvalue weighted by Gasteiger charge is 2.35. The van der Waals surface area contributed by atoms with Crippen molar-refractivity contribution in [3.8, 4) is 0 Å². The maximum Gasteiger partial charge on any atom is 0.221 e. The van der Waals surface area contributed by atoms with Gasteiger partial charge in [-0.25, -0.2) is 4.98 Å². The summed E-state index contributed by atoms with van der Waals surface area (Å²) < 4.78 is 0. The second-order valence-corrected chi connectivity index (χ2v) is 6.23. The van der Waals surface area contributed by atoms with Gasteiger partial charge in [-0.3, -0.25) is 0 Å². The maximum atomic E-state index is 5.72. The molecule has 1 aromatic heterocycles. The monoisotopic (exact) mass is 292 g/mol. The van der Waals surface area contributed by atoms with Crippen LogP contribution in [0.5, 0.6) is 0 Å². The molecule has 1 fully saturated rings. The highest BCUT2D eigenvalue weighted by Crippen LogP contribution is 2.27. The smallest absolute Gasteiger partial charge is 0.221 e. The summed E-state index contributed by atoms with van der Waals surface area (Å²) in [5.74, 6) is 1.21. The number of likely N-dealkylation sites (tertiary alicyclic amines) is 1. The fraction of sp³-hybridized carbons (Fsp3) is 0.733. The van der Waals surface area contributed by atoms with Crippen molar-refractivity contribution < 1.29 is 0 Å². The Morgan fingerprint density at radius 1 is 1.38 bits per heavy atom.